The maximum absolute atomic E-state index is 12.8. The lowest BCUT2D eigenvalue weighted by Crippen LogP contribution is -2.38. The molecule has 1 saturated heterocycles. The average molecular weight is 694 g/mol. The van der Waals surface area contributed by atoms with Crippen molar-refractivity contribution in [3.8, 4) is 11.4 Å². The second-order valence-corrected chi connectivity index (χ2v) is 12.9. The second-order valence-electron chi connectivity index (χ2n) is 11.9. The molecule has 3 N–H and O–H groups in total. The number of hydrogen-bond donors (Lipinski definition) is 3. The minimum Gasteiger partial charge on any atom is -0.508 e. The molecule has 0 aliphatic carbocycles. The third-order valence-electron chi connectivity index (χ3n) is 8.65. The highest BCUT2D eigenvalue weighted by Gasteiger charge is 2.39. The summed E-state index contributed by atoms with van der Waals surface area (Å²) in [7, 11) is 0. The first-order valence-electron chi connectivity index (χ1n) is 15.8. The third kappa shape index (κ3) is 6.87. The van der Waals surface area contributed by atoms with Gasteiger partial charge in [-0.15, -0.1) is 5.10 Å². The Labute approximate surface area is 290 Å². The molecule has 1 fully saturated rings. The molecule has 4 atom stereocenters. The zero-order chi connectivity index (χ0) is 34.8. The fourth-order valence-electron chi connectivity index (χ4n) is 5.79. The van der Waals surface area contributed by atoms with Crippen LogP contribution in [-0.2, 0) is 27.4 Å². The number of rotatable bonds is 10. The van der Waals surface area contributed by atoms with Crippen molar-refractivity contribution in [3.05, 3.63) is 130 Å². The van der Waals surface area contributed by atoms with E-state index in [9.17, 15) is 24.6 Å². The molecule has 1 unspecified atom stereocenters. The first-order valence-corrected chi connectivity index (χ1v) is 16.7. The number of amides is 1. The number of esters is 2. The van der Waals surface area contributed by atoms with Gasteiger partial charge in [0.2, 0.25) is 5.16 Å². The number of aromatic nitrogens is 4. The second kappa shape index (κ2) is 14.2. The lowest BCUT2D eigenvalue weighted by molar-refractivity contribution is -0.268. The number of nitrogens with one attached hydrogen (secondary N) is 1. The molecule has 254 valence electrons. The number of aromatic hydroxyl groups is 1. The van der Waals surface area contributed by atoms with E-state index in [1.54, 1.807) is 28.9 Å². The Morgan fingerprint density at radius 2 is 1.58 bits per heavy atom. The fraction of sp³-hybridized carbons (Fsp3) is 0.222. The van der Waals surface area contributed by atoms with Crippen LogP contribution < -0.4 is 5.32 Å². The SMILES string of the molecule is C[C@H]1[C@@H](CSc2nnnn2-c2ccc(O)cc2)OC(c2ccc(CNC(=O)c3ccc4c(c3)C(=O)OC4=O)cc2)O[C@H]1c1ccc(CO)cc1. The number of carbonyl (C=O) groups is 3. The molecule has 1 aromatic heterocycles. The molecular weight excluding hydrogens is 662 g/mol. The van der Waals surface area contributed by atoms with Crippen LogP contribution in [0, 0.1) is 5.92 Å². The number of nitrogens with zero attached hydrogens (tertiary/aromatic N) is 4. The van der Waals surface area contributed by atoms with Crippen LogP contribution >= 0.6 is 11.8 Å². The number of phenols is 1. The molecule has 13 nitrogen and oxygen atoms in total. The molecule has 3 heterocycles. The minimum atomic E-state index is -0.767. The van der Waals surface area contributed by atoms with Gasteiger partial charge in [-0.3, -0.25) is 4.79 Å². The predicted molar refractivity (Wildman–Crippen MR) is 178 cm³/mol. The van der Waals surface area contributed by atoms with E-state index in [1.807, 2.05) is 48.5 Å². The van der Waals surface area contributed by atoms with Gasteiger partial charge >= 0.3 is 11.9 Å². The summed E-state index contributed by atoms with van der Waals surface area (Å²) in [6, 6.07) is 26.0. The number of phenolic OH excluding ortho intramolecular Hbond substituents is 1. The molecule has 5 aromatic rings. The van der Waals surface area contributed by atoms with Crippen molar-refractivity contribution in [3.63, 3.8) is 0 Å². The van der Waals surface area contributed by atoms with Gasteiger partial charge in [0.1, 0.15) is 5.75 Å². The van der Waals surface area contributed by atoms with Crippen LogP contribution in [-0.4, -0.2) is 60.1 Å². The Balaban J connectivity index is 1.06. The highest BCUT2D eigenvalue weighted by atomic mass is 32.2. The van der Waals surface area contributed by atoms with Gasteiger partial charge < -0.3 is 29.7 Å². The van der Waals surface area contributed by atoms with Crippen LogP contribution in [0.3, 0.4) is 0 Å². The van der Waals surface area contributed by atoms with Crippen molar-refractivity contribution in [2.75, 3.05) is 5.75 Å². The van der Waals surface area contributed by atoms with Crippen molar-refractivity contribution in [2.24, 2.45) is 5.92 Å². The van der Waals surface area contributed by atoms with Crippen LogP contribution in [0.4, 0.5) is 0 Å². The zero-order valence-electron chi connectivity index (χ0n) is 26.6. The number of thioether (sulfide) groups is 1. The Morgan fingerprint density at radius 1 is 0.880 bits per heavy atom. The van der Waals surface area contributed by atoms with Gasteiger partial charge in [0.05, 0.1) is 35.6 Å². The van der Waals surface area contributed by atoms with Gasteiger partial charge in [-0.1, -0.05) is 67.2 Å². The first kappa shape index (κ1) is 33.1. The van der Waals surface area contributed by atoms with Gasteiger partial charge in [-0.05, 0) is 69.6 Å². The molecule has 7 rings (SSSR count). The molecule has 14 heteroatoms. The van der Waals surface area contributed by atoms with Gasteiger partial charge in [0, 0.05) is 29.3 Å². The van der Waals surface area contributed by atoms with Gasteiger partial charge in [0.25, 0.3) is 5.91 Å². The molecule has 2 aliphatic rings. The Kier molecular flexibility index (Phi) is 9.41. The highest BCUT2D eigenvalue weighted by molar-refractivity contribution is 7.99. The van der Waals surface area contributed by atoms with E-state index in [0.717, 1.165) is 22.3 Å². The zero-order valence-corrected chi connectivity index (χ0v) is 27.4. The number of tetrazole rings is 1. The van der Waals surface area contributed by atoms with Gasteiger partial charge in [-0.2, -0.15) is 4.68 Å². The molecule has 0 radical (unpaired) electrons. The third-order valence-corrected chi connectivity index (χ3v) is 9.66. The topological polar surface area (TPSA) is 175 Å². The number of cyclic esters (lactones) is 2. The van der Waals surface area contributed by atoms with Crippen LogP contribution in [0.15, 0.2) is 96.2 Å². The number of aliphatic hydroxyl groups is 1. The number of hydrogen-bond acceptors (Lipinski definition) is 12. The van der Waals surface area contributed by atoms with E-state index >= 15 is 0 Å². The van der Waals surface area contributed by atoms with Crippen LogP contribution in [0.2, 0.25) is 0 Å². The molecule has 0 saturated carbocycles. The lowest BCUT2D eigenvalue weighted by Gasteiger charge is -2.41. The van der Waals surface area contributed by atoms with E-state index in [0.29, 0.717) is 16.6 Å². The molecular formula is C36H31N5O8S. The van der Waals surface area contributed by atoms with Crippen molar-refractivity contribution in [1.82, 2.24) is 25.5 Å². The maximum atomic E-state index is 12.8. The Hall–Kier alpha value is -5.41. The summed E-state index contributed by atoms with van der Waals surface area (Å²) < 4.78 is 19.3. The van der Waals surface area contributed by atoms with Crippen molar-refractivity contribution in [2.45, 2.75) is 43.7 Å². The molecule has 4 aromatic carbocycles. The van der Waals surface area contributed by atoms with E-state index in [-0.39, 0.29) is 53.7 Å². The minimum absolute atomic E-state index is 0.0577. The molecule has 50 heavy (non-hydrogen) atoms. The summed E-state index contributed by atoms with van der Waals surface area (Å²) in [6.07, 6.45) is -1.30. The summed E-state index contributed by atoms with van der Waals surface area (Å²) in [5.74, 6) is -1.29. The average Bonchev–Trinajstić information content (AvgIpc) is 3.73. The number of carbonyl (C=O) groups excluding carboxylic acids is 3. The number of benzene rings is 4. The monoisotopic (exact) mass is 693 g/mol. The normalized spacial score (nSPS) is 20.0. The van der Waals surface area contributed by atoms with Gasteiger partial charge in [-0.25, -0.2) is 9.59 Å². The fourth-order valence-corrected chi connectivity index (χ4v) is 6.85. The predicted octanol–water partition coefficient (Wildman–Crippen LogP) is 4.68. The van der Waals surface area contributed by atoms with Crippen molar-refractivity contribution < 1.29 is 38.8 Å². The highest BCUT2D eigenvalue weighted by Crippen LogP contribution is 2.43. The molecule has 1 amide bonds. The smallest absolute Gasteiger partial charge is 0.346 e. The first-order chi connectivity index (χ1) is 24.3. The number of aliphatic hydroxyl groups excluding tert-OH is 1. The van der Waals surface area contributed by atoms with E-state index in [4.69, 9.17) is 9.47 Å². The molecule has 2 aliphatic heterocycles. The number of fused-ring (bicyclic) bond motifs is 1. The van der Waals surface area contributed by atoms with Crippen LogP contribution in [0.5, 0.6) is 5.75 Å². The van der Waals surface area contributed by atoms with E-state index in [2.05, 4.69) is 32.5 Å². The molecule has 0 spiro atoms. The van der Waals surface area contributed by atoms with Gasteiger partial charge in [0.15, 0.2) is 6.29 Å². The van der Waals surface area contributed by atoms with Crippen LogP contribution in [0.1, 0.15) is 72.6 Å². The van der Waals surface area contributed by atoms with Crippen LogP contribution in [0.25, 0.3) is 5.69 Å². The van der Waals surface area contributed by atoms with E-state index in [1.165, 1.54) is 30.0 Å². The lowest BCUT2D eigenvalue weighted by atomic mass is 9.91. The molecule has 0 bridgehead atoms. The summed E-state index contributed by atoms with van der Waals surface area (Å²) in [4.78, 5) is 36.5. The quantitative estimate of drug-likeness (QED) is 0.105. The standard InChI is InChI=1S/C36H31N5O8S/c1-20-30(19-50-36-38-39-40-41(36)26-11-13-27(43)14-12-26)47-35(48-31(20)23-6-4-22(18-42)5-7-23)24-8-2-21(3-9-24)17-37-32(44)25-10-15-28-29(16-25)34(46)49-33(28)45/h2-16,20,30-31,35,42-43H,17-19H2,1H3,(H,37,44)/t20-,30+,31+,35?/m0/s1. The van der Waals surface area contributed by atoms with Crippen molar-refractivity contribution >= 4 is 29.6 Å². The summed E-state index contributed by atoms with van der Waals surface area (Å²) in [5, 5.41) is 34.9. The summed E-state index contributed by atoms with van der Waals surface area (Å²) in [6.45, 7) is 2.23. The largest absolute Gasteiger partial charge is 0.508 e. The number of ether oxygens (including phenoxy) is 3. The van der Waals surface area contributed by atoms with E-state index < -0.39 is 24.1 Å². The summed E-state index contributed by atoms with van der Waals surface area (Å²) in [5.41, 5.74) is 4.53. The Morgan fingerprint density at radius 3 is 2.32 bits per heavy atom. The maximum Gasteiger partial charge on any atom is 0.346 e. The van der Waals surface area contributed by atoms with Crippen molar-refractivity contribution in [1.29, 1.82) is 0 Å². The Bertz CT molecular complexity index is 2040. The summed E-state index contributed by atoms with van der Waals surface area (Å²) >= 11 is 1.45.